The van der Waals surface area contributed by atoms with Gasteiger partial charge in [-0.3, -0.25) is 0 Å². The fourth-order valence-corrected chi connectivity index (χ4v) is 2.79. The summed E-state index contributed by atoms with van der Waals surface area (Å²) in [5.74, 6) is 0.0392. The molecule has 2 rings (SSSR count). The van der Waals surface area contributed by atoms with Crippen LogP contribution in [0.15, 0.2) is 48.6 Å². The van der Waals surface area contributed by atoms with Crippen molar-refractivity contribution < 1.29 is 35.4 Å². The molecule has 0 fully saturated rings. The van der Waals surface area contributed by atoms with Gasteiger partial charge in [-0.1, -0.05) is 48.6 Å². The van der Waals surface area contributed by atoms with E-state index in [2.05, 4.69) is 0 Å². The maximum atomic E-state index is 10.2. The molecule has 0 aliphatic rings. The number of phenols is 2. The summed E-state index contributed by atoms with van der Waals surface area (Å²) in [4.78, 5) is 0. The molecule has 2 aromatic rings. The van der Waals surface area contributed by atoms with Crippen molar-refractivity contribution in [2.75, 3.05) is 0 Å². The molecule has 6 N–H and O–H groups in total. The lowest BCUT2D eigenvalue weighted by molar-refractivity contribution is 0.0624. The Morgan fingerprint density at radius 2 is 1.10 bits per heavy atom. The van der Waals surface area contributed by atoms with Crippen molar-refractivity contribution in [1.82, 2.24) is 0 Å². The van der Waals surface area contributed by atoms with Crippen LogP contribution in [0.5, 0.6) is 11.5 Å². The average molecular weight is 430 g/mol. The lowest BCUT2D eigenvalue weighted by atomic mass is 10.0. The second-order valence-corrected chi connectivity index (χ2v) is 7.36. The van der Waals surface area contributed by atoms with Gasteiger partial charge < -0.3 is 35.4 Å². The van der Waals surface area contributed by atoms with E-state index in [4.69, 9.17) is 4.74 Å². The van der Waals surface area contributed by atoms with Crippen LogP contribution >= 0.6 is 0 Å². The minimum atomic E-state index is -1.04. The van der Waals surface area contributed by atoms with E-state index in [1.807, 2.05) is 0 Å². The number of ether oxygens (including phenoxy) is 1. The Labute approximate surface area is 181 Å². The van der Waals surface area contributed by atoms with Gasteiger partial charge in [0.25, 0.3) is 0 Å². The first-order valence-corrected chi connectivity index (χ1v) is 9.98. The third kappa shape index (κ3) is 7.20. The highest BCUT2D eigenvalue weighted by atomic mass is 16.5. The molecule has 0 heterocycles. The van der Waals surface area contributed by atoms with Gasteiger partial charge in [-0.2, -0.15) is 0 Å². The van der Waals surface area contributed by atoms with Gasteiger partial charge in [0.05, 0.1) is 37.6 Å². The monoisotopic (exact) mass is 430 g/mol. The van der Waals surface area contributed by atoms with Crippen LogP contribution in [0.1, 0.15) is 36.1 Å². The van der Waals surface area contributed by atoms with Crippen molar-refractivity contribution in [1.29, 1.82) is 0 Å². The summed E-state index contributed by atoms with van der Waals surface area (Å²) in [5, 5.41) is 58.8. The van der Waals surface area contributed by atoms with Gasteiger partial charge in [-0.05, 0) is 37.1 Å². The highest BCUT2D eigenvalue weighted by Gasteiger charge is 2.12. The summed E-state index contributed by atoms with van der Waals surface area (Å²) in [6.45, 7) is 3.01. The zero-order chi connectivity index (χ0) is 23.0. The van der Waals surface area contributed by atoms with Gasteiger partial charge in [-0.15, -0.1) is 0 Å². The Morgan fingerprint density at radius 3 is 1.45 bits per heavy atom. The van der Waals surface area contributed by atoms with Crippen LogP contribution in [0, 0.1) is 0 Å². The van der Waals surface area contributed by atoms with Crippen LogP contribution in [0.3, 0.4) is 0 Å². The molecule has 0 saturated heterocycles. The molecule has 4 atom stereocenters. The second-order valence-electron chi connectivity index (χ2n) is 7.36. The van der Waals surface area contributed by atoms with E-state index >= 15 is 0 Å². The predicted octanol–water partition coefficient (Wildman–Crippen LogP) is 2.32. The second kappa shape index (κ2) is 11.6. The first-order chi connectivity index (χ1) is 14.7. The zero-order valence-corrected chi connectivity index (χ0v) is 17.6. The van der Waals surface area contributed by atoms with Gasteiger partial charge in [0.1, 0.15) is 11.5 Å². The quantitative estimate of drug-likeness (QED) is 0.341. The molecule has 0 aromatic heterocycles. The molecule has 0 spiro atoms. The number of rotatable bonds is 10. The molecule has 0 saturated carbocycles. The largest absolute Gasteiger partial charge is 0.508 e. The zero-order valence-electron chi connectivity index (χ0n) is 17.6. The smallest absolute Gasteiger partial charge is 0.121 e. The number of benzene rings is 2. The maximum Gasteiger partial charge on any atom is 0.121 e. The van der Waals surface area contributed by atoms with Crippen LogP contribution in [0.2, 0.25) is 0 Å². The Hall–Kier alpha value is -2.68. The average Bonchev–Trinajstić information content (AvgIpc) is 2.72. The van der Waals surface area contributed by atoms with Crippen molar-refractivity contribution in [2.45, 2.75) is 51.5 Å². The number of hydrogen-bond acceptors (Lipinski definition) is 7. The van der Waals surface area contributed by atoms with Gasteiger partial charge in [0.15, 0.2) is 0 Å². The Balaban J connectivity index is 2.16. The molecule has 168 valence electrons. The number of hydrogen-bond donors (Lipinski definition) is 6. The number of aliphatic hydroxyl groups excluding tert-OH is 4. The first-order valence-electron chi connectivity index (χ1n) is 9.98. The Bertz CT molecular complexity index is 829. The highest BCUT2D eigenvalue weighted by Crippen LogP contribution is 2.27. The van der Waals surface area contributed by atoms with Crippen molar-refractivity contribution in [3.63, 3.8) is 0 Å². The van der Waals surface area contributed by atoms with E-state index in [1.165, 1.54) is 38.1 Å². The van der Waals surface area contributed by atoms with Gasteiger partial charge >= 0.3 is 0 Å². The normalized spacial score (nSPS) is 15.9. The number of aliphatic hydroxyl groups is 4. The van der Waals surface area contributed by atoms with Gasteiger partial charge in [0, 0.05) is 11.1 Å². The number of phenolic OH excluding ortho intramolecular Hbond substituents is 2. The summed E-state index contributed by atoms with van der Waals surface area (Å²) in [5.41, 5.74) is 2.23. The summed E-state index contributed by atoms with van der Waals surface area (Å²) >= 11 is 0. The maximum absolute atomic E-state index is 10.2. The molecular weight excluding hydrogens is 400 g/mol. The van der Waals surface area contributed by atoms with Gasteiger partial charge in [-0.25, -0.2) is 0 Å². The van der Waals surface area contributed by atoms with Crippen LogP contribution in [-0.4, -0.2) is 55.1 Å². The van der Waals surface area contributed by atoms with E-state index in [9.17, 15) is 30.6 Å². The van der Waals surface area contributed by atoms with Crippen LogP contribution < -0.4 is 0 Å². The molecule has 31 heavy (non-hydrogen) atoms. The summed E-state index contributed by atoms with van der Waals surface area (Å²) in [7, 11) is 0. The number of aromatic hydroxyl groups is 2. The van der Waals surface area contributed by atoms with Crippen molar-refractivity contribution in [2.24, 2.45) is 0 Å². The predicted molar refractivity (Wildman–Crippen MR) is 118 cm³/mol. The van der Waals surface area contributed by atoms with E-state index in [1.54, 1.807) is 36.4 Å². The molecule has 0 amide bonds. The molecule has 0 unspecified atom stereocenters. The van der Waals surface area contributed by atoms with Crippen LogP contribution in [0.4, 0.5) is 0 Å². The lowest BCUT2D eigenvalue weighted by Crippen LogP contribution is -2.19. The highest BCUT2D eigenvalue weighted by molar-refractivity contribution is 5.59. The molecule has 7 nitrogen and oxygen atoms in total. The topological polar surface area (TPSA) is 131 Å². The van der Waals surface area contributed by atoms with E-state index in [0.717, 1.165) is 0 Å². The van der Waals surface area contributed by atoms with Crippen molar-refractivity contribution in [3.8, 4) is 11.5 Å². The summed E-state index contributed by atoms with van der Waals surface area (Å²) in [6.07, 6.45) is 2.14. The summed E-state index contributed by atoms with van der Waals surface area (Å²) < 4.78 is 5.75. The molecule has 0 aliphatic heterocycles. The first kappa shape index (κ1) is 24.6. The molecule has 2 aromatic carbocycles. The van der Waals surface area contributed by atoms with Crippen molar-refractivity contribution >= 4 is 12.2 Å². The lowest BCUT2D eigenvalue weighted by Gasteiger charge is -2.13. The minimum Gasteiger partial charge on any atom is -0.508 e. The molecule has 0 radical (unpaired) electrons. The fourth-order valence-electron chi connectivity index (χ4n) is 2.79. The van der Waals surface area contributed by atoms with Gasteiger partial charge in [0.2, 0.25) is 0 Å². The van der Waals surface area contributed by atoms with Crippen LogP contribution in [-0.2, 0) is 18.0 Å². The SMILES string of the molecule is C[C@H](O)[C@H](O)/C=C/c1cccc(O)c1COCc1c(O)cccc1/C=C/[C@@H](O)[C@H](C)O. The third-order valence-electron chi connectivity index (χ3n) is 4.80. The minimum absolute atomic E-state index is 0.0196. The fraction of sp³-hybridized carbons (Fsp3) is 0.333. The Kier molecular flexibility index (Phi) is 9.23. The van der Waals surface area contributed by atoms with E-state index < -0.39 is 24.4 Å². The van der Waals surface area contributed by atoms with E-state index in [0.29, 0.717) is 22.3 Å². The standard InChI is InChI=1S/C24H30O7/c1-15(25)21(27)11-9-17-5-3-7-23(29)19(17)13-31-14-20-18(6-4-8-24(20)30)10-12-22(28)16(2)26/h3-12,15-16,21-22,25-30H,13-14H2,1-2H3/b11-9+,12-10+/t15-,16-,21+,22+/m0/s1. The molecular formula is C24H30O7. The van der Waals surface area contributed by atoms with Crippen LogP contribution in [0.25, 0.3) is 12.2 Å². The molecule has 7 heteroatoms. The summed E-state index contributed by atoms with van der Waals surface area (Å²) in [6, 6.07) is 9.85. The third-order valence-corrected chi connectivity index (χ3v) is 4.80. The van der Waals surface area contributed by atoms with E-state index in [-0.39, 0.29) is 24.7 Å². The molecule has 0 aliphatic carbocycles. The molecule has 0 bridgehead atoms. The Morgan fingerprint density at radius 1 is 0.710 bits per heavy atom. The van der Waals surface area contributed by atoms with Crippen molar-refractivity contribution in [3.05, 3.63) is 70.8 Å².